The maximum Gasteiger partial charge on any atom is 0.263 e. The SMILES string of the molecule is C#C[C@@H]1CN(c2cc(-c3cc(C(N)=O)ccc3Cl)cnc2N(C)C(=O)c2c(F)cccc2Cl)C[C@H](C=C)O1. The van der Waals surface area contributed by atoms with Crippen LogP contribution in [-0.4, -0.2) is 49.1 Å². The summed E-state index contributed by atoms with van der Waals surface area (Å²) in [6.45, 7) is 4.46. The highest BCUT2D eigenvalue weighted by molar-refractivity contribution is 6.34. The zero-order valence-electron chi connectivity index (χ0n) is 20.3. The molecule has 7 nitrogen and oxygen atoms in total. The Labute approximate surface area is 229 Å². The van der Waals surface area contributed by atoms with E-state index in [-0.39, 0.29) is 28.5 Å². The first kappa shape index (κ1) is 27.1. The Morgan fingerprint density at radius 2 is 2.03 bits per heavy atom. The van der Waals surface area contributed by atoms with Gasteiger partial charge in [-0.1, -0.05) is 41.3 Å². The van der Waals surface area contributed by atoms with Crippen LogP contribution < -0.4 is 15.5 Å². The van der Waals surface area contributed by atoms with Crippen molar-refractivity contribution in [3.63, 3.8) is 0 Å². The minimum atomic E-state index is -0.756. The van der Waals surface area contributed by atoms with Gasteiger partial charge >= 0.3 is 0 Å². The minimum Gasteiger partial charge on any atom is -0.366 e. The van der Waals surface area contributed by atoms with Crippen molar-refractivity contribution in [2.45, 2.75) is 12.2 Å². The Morgan fingerprint density at radius 3 is 2.68 bits per heavy atom. The van der Waals surface area contributed by atoms with Crippen LogP contribution >= 0.6 is 23.2 Å². The first-order valence-corrected chi connectivity index (χ1v) is 12.2. The monoisotopic (exact) mass is 552 g/mol. The van der Waals surface area contributed by atoms with Crippen LogP contribution in [0, 0.1) is 18.2 Å². The van der Waals surface area contributed by atoms with E-state index in [1.807, 2.05) is 4.90 Å². The van der Waals surface area contributed by atoms with Crippen molar-refractivity contribution in [1.29, 1.82) is 0 Å². The van der Waals surface area contributed by atoms with Gasteiger partial charge in [0.2, 0.25) is 5.91 Å². The van der Waals surface area contributed by atoms with Gasteiger partial charge in [0.05, 0.1) is 28.9 Å². The minimum absolute atomic E-state index is 0.0273. The Hall–Kier alpha value is -3.90. The summed E-state index contributed by atoms with van der Waals surface area (Å²) < 4.78 is 20.4. The van der Waals surface area contributed by atoms with Gasteiger partial charge in [0.25, 0.3) is 5.91 Å². The van der Waals surface area contributed by atoms with E-state index in [2.05, 4.69) is 17.5 Å². The molecule has 0 radical (unpaired) electrons. The third kappa shape index (κ3) is 5.36. The summed E-state index contributed by atoms with van der Waals surface area (Å²) in [6, 6.07) is 10.4. The number of halogens is 3. The summed E-state index contributed by atoms with van der Waals surface area (Å²) in [4.78, 5) is 32.9. The van der Waals surface area contributed by atoms with Crippen LogP contribution in [0.15, 0.2) is 61.3 Å². The van der Waals surface area contributed by atoms with E-state index in [1.54, 1.807) is 24.3 Å². The molecule has 1 aliphatic rings. The Bertz CT molecular complexity index is 1450. The van der Waals surface area contributed by atoms with Crippen LogP contribution in [0.3, 0.4) is 0 Å². The van der Waals surface area contributed by atoms with Crippen LogP contribution in [0.4, 0.5) is 15.9 Å². The van der Waals surface area contributed by atoms with Crippen LogP contribution in [0.25, 0.3) is 11.1 Å². The quantitative estimate of drug-likeness (QED) is 0.344. The molecule has 3 aromatic rings. The molecule has 1 aliphatic heterocycles. The molecule has 4 rings (SSSR count). The first-order chi connectivity index (χ1) is 18.1. The number of carbonyl (C=O) groups excluding carboxylic acids is 2. The largest absolute Gasteiger partial charge is 0.366 e. The zero-order chi connectivity index (χ0) is 27.6. The number of rotatable bonds is 6. The number of aromatic nitrogens is 1. The highest BCUT2D eigenvalue weighted by Crippen LogP contribution is 2.37. The number of primary amides is 1. The number of nitrogens with two attached hydrogens (primary N) is 1. The summed E-state index contributed by atoms with van der Waals surface area (Å²) in [5.41, 5.74) is 7.02. The highest BCUT2D eigenvalue weighted by Gasteiger charge is 2.30. The normalized spacial score (nSPS) is 17.0. The molecule has 2 atom stereocenters. The van der Waals surface area contributed by atoms with E-state index in [0.29, 0.717) is 28.4 Å². The van der Waals surface area contributed by atoms with Gasteiger partial charge in [0, 0.05) is 41.5 Å². The number of amides is 2. The number of morpholine rings is 1. The number of hydrogen-bond donors (Lipinski definition) is 1. The number of ether oxygens (including phenoxy) is 1. The number of terminal acetylenes is 1. The molecule has 1 fully saturated rings. The average molecular weight is 553 g/mol. The molecule has 1 saturated heterocycles. The fourth-order valence-corrected chi connectivity index (χ4v) is 4.63. The van der Waals surface area contributed by atoms with E-state index in [0.717, 1.165) is 6.07 Å². The smallest absolute Gasteiger partial charge is 0.263 e. The predicted octanol–water partition coefficient (Wildman–Crippen LogP) is 4.96. The molecule has 194 valence electrons. The predicted molar refractivity (Wildman–Crippen MR) is 147 cm³/mol. The summed E-state index contributed by atoms with van der Waals surface area (Å²) in [6.07, 6.45) is 7.84. The van der Waals surface area contributed by atoms with Crippen molar-refractivity contribution in [3.8, 4) is 23.5 Å². The molecular weight excluding hydrogens is 530 g/mol. The third-order valence-corrected chi connectivity index (χ3v) is 6.77. The van der Waals surface area contributed by atoms with E-state index in [1.165, 1.54) is 36.3 Å². The van der Waals surface area contributed by atoms with Gasteiger partial charge in [-0.05, 0) is 36.4 Å². The number of hydrogen-bond acceptors (Lipinski definition) is 5. The third-order valence-electron chi connectivity index (χ3n) is 6.12. The lowest BCUT2D eigenvalue weighted by molar-refractivity contribution is 0.0322. The van der Waals surface area contributed by atoms with Crippen molar-refractivity contribution in [2.24, 2.45) is 5.73 Å². The second-order valence-electron chi connectivity index (χ2n) is 8.56. The number of carbonyl (C=O) groups is 2. The fourth-order valence-electron chi connectivity index (χ4n) is 4.16. The molecule has 38 heavy (non-hydrogen) atoms. The number of nitrogens with zero attached hydrogens (tertiary/aromatic N) is 3. The van der Waals surface area contributed by atoms with Crippen molar-refractivity contribution in [3.05, 3.63) is 88.3 Å². The molecule has 2 N–H and O–H groups in total. The van der Waals surface area contributed by atoms with E-state index >= 15 is 0 Å². The molecule has 2 heterocycles. The molecule has 0 spiro atoms. The second-order valence-corrected chi connectivity index (χ2v) is 9.37. The summed E-state index contributed by atoms with van der Waals surface area (Å²) >= 11 is 12.6. The van der Waals surface area contributed by atoms with Crippen LogP contribution in [-0.2, 0) is 4.74 Å². The Morgan fingerprint density at radius 1 is 1.26 bits per heavy atom. The standard InChI is InChI=1S/C28H23Cl2FN4O3/c1-4-18-14-35(15-19(5-2)38-18)24-12-17(20-11-16(26(32)36)9-10-21(20)29)13-33-27(24)34(3)28(37)25-22(30)7-6-8-23(25)31/h1,5-13,18-19H,2,14-15H2,3H3,(H2,32,36)/t18-,19+/m1/s1. The number of anilines is 2. The first-order valence-electron chi connectivity index (χ1n) is 11.5. The van der Waals surface area contributed by atoms with Gasteiger partial charge in [0.1, 0.15) is 11.9 Å². The Balaban J connectivity index is 1.87. The molecule has 2 amide bonds. The lowest BCUT2D eigenvalue weighted by Gasteiger charge is -2.38. The molecule has 10 heteroatoms. The van der Waals surface area contributed by atoms with Gasteiger partial charge in [-0.3, -0.25) is 14.5 Å². The van der Waals surface area contributed by atoms with Crippen molar-refractivity contribution in [1.82, 2.24) is 4.98 Å². The molecular formula is C28H23Cl2FN4O3. The summed E-state index contributed by atoms with van der Waals surface area (Å²) in [5.74, 6) is 0.768. The molecule has 1 aromatic heterocycles. The van der Waals surface area contributed by atoms with E-state index in [9.17, 15) is 14.0 Å². The topological polar surface area (TPSA) is 88.8 Å². The van der Waals surface area contributed by atoms with Crippen molar-refractivity contribution < 1.29 is 18.7 Å². The van der Waals surface area contributed by atoms with Gasteiger partial charge in [-0.15, -0.1) is 13.0 Å². The molecule has 2 aromatic carbocycles. The second kappa shape index (κ2) is 11.2. The molecule has 0 bridgehead atoms. The van der Waals surface area contributed by atoms with Crippen molar-refractivity contribution >= 4 is 46.5 Å². The highest BCUT2D eigenvalue weighted by atomic mass is 35.5. The number of pyridine rings is 1. The molecule has 0 saturated carbocycles. The molecule has 0 aliphatic carbocycles. The maximum absolute atomic E-state index is 14.6. The average Bonchev–Trinajstić information content (AvgIpc) is 2.91. The maximum atomic E-state index is 14.6. The summed E-state index contributed by atoms with van der Waals surface area (Å²) in [7, 11) is 1.47. The van der Waals surface area contributed by atoms with Gasteiger partial charge in [-0.25, -0.2) is 9.37 Å². The lowest BCUT2D eigenvalue weighted by atomic mass is 10.0. The van der Waals surface area contributed by atoms with Gasteiger partial charge in [0.15, 0.2) is 5.82 Å². The van der Waals surface area contributed by atoms with E-state index in [4.69, 9.17) is 40.1 Å². The molecule has 0 unspecified atom stereocenters. The summed E-state index contributed by atoms with van der Waals surface area (Å²) in [5, 5.41) is 0.339. The van der Waals surface area contributed by atoms with Crippen LogP contribution in [0.1, 0.15) is 20.7 Å². The number of benzene rings is 2. The van der Waals surface area contributed by atoms with Gasteiger partial charge in [-0.2, -0.15) is 0 Å². The zero-order valence-corrected chi connectivity index (χ0v) is 21.8. The Kier molecular flexibility index (Phi) is 8.02. The van der Waals surface area contributed by atoms with Crippen LogP contribution in [0.5, 0.6) is 0 Å². The van der Waals surface area contributed by atoms with Gasteiger partial charge < -0.3 is 15.4 Å². The van der Waals surface area contributed by atoms with Crippen molar-refractivity contribution in [2.75, 3.05) is 29.9 Å². The van der Waals surface area contributed by atoms with Crippen LogP contribution in [0.2, 0.25) is 10.0 Å². The fraction of sp³-hybridized carbons (Fsp3) is 0.179. The van der Waals surface area contributed by atoms with E-state index < -0.39 is 29.8 Å². The lowest BCUT2D eigenvalue weighted by Crippen LogP contribution is -2.47.